The molecule has 10 N–H and O–H groups in total. The molecule has 0 fully saturated rings. The van der Waals surface area contributed by atoms with Crippen molar-refractivity contribution in [3.05, 3.63) is 120 Å². The molecule has 0 heterocycles. The number of primary amides is 1. The number of carbonyl (C=O) groups excluding carboxylic acids is 5. The van der Waals surface area contributed by atoms with Gasteiger partial charge in [0, 0.05) is 19.3 Å². The molecule has 12 heteroatoms. The largest absolute Gasteiger partial charge is 0.368 e. The van der Waals surface area contributed by atoms with Gasteiger partial charge < -0.3 is 38.5 Å². The van der Waals surface area contributed by atoms with E-state index in [1.165, 1.54) is 6.92 Å². The summed E-state index contributed by atoms with van der Waals surface area (Å²) < 4.78 is 0. The van der Waals surface area contributed by atoms with Gasteiger partial charge in [0.15, 0.2) is 0 Å². The minimum atomic E-state index is -1.17. The van der Waals surface area contributed by atoms with Crippen LogP contribution in [0.5, 0.6) is 0 Å². The maximum Gasteiger partial charge on any atom is 0.243 e. The Morgan fingerprint density at radius 3 is 1.54 bits per heavy atom. The molecule has 0 bridgehead atoms. The highest BCUT2D eigenvalue weighted by Gasteiger charge is 2.32. The number of fused-ring (bicyclic) bond motifs is 1. The van der Waals surface area contributed by atoms with E-state index in [4.69, 9.17) is 17.2 Å². The first-order valence-corrected chi connectivity index (χ1v) is 17.6. The summed E-state index contributed by atoms with van der Waals surface area (Å²) in [6.07, 6.45) is 1.83. The summed E-state index contributed by atoms with van der Waals surface area (Å²) in [6.45, 7) is 1.94. The fourth-order valence-corrected chi connectivity index (χ4v) is 5.92. The molecule has 0 radical (unpaired) electrons. The van der Waals surface area contributed by atoms with Crippen LogP contribution in [-0.4, -0.2) is 66.3 Å². The molecule has 274 valence electrons. The van der Waals surface area contributed by atoms with E-state index in [-0.39, 0.29) is 19.3 Å². The Balaban J connectivity index is 1.66. The predicted molar refractivity (Wildman–Crippen MR) is 201 cm³/mol. The van der Waals surface area contributed by atoms with Crippen molar-refractivity contribution in [3.63, 3.8) is 0 Å². The van der Waals surface area contributed by atoms with Gasteiger partial charge in [-0.1, -0.05) is 103 Å². The lowest BCUT2D eigenvalue weighted by Gasteiger charge is -2.27. The van der Waals surface area contributed by atoms with Crippen LogP contribution in [0.4, 0.5) is 0 Å². The van der Waals surface area contributed by atoms with E-state index in [1.807, 2.05) is 103 Å². The summed E-state index contributed by atoms with van der Waals surface area (Å²) in [5.41, 5.74) is 19.4. The van der Waals surface area contributed by atoms with E-state index >= 15 is 0 Å². The van der Waals surface area contributed by atoms with Crippen molar-refractivity contribution < 1.29 is 24.0 Å². The summed E-state index contributed by atoms with van der Waals surface area (Å²) in [7, 11) is 0. The van der Waals surface area contributed by atoms with E-state index in [9.17, 15) is 24.0 Å². The van der Waals surface area contributed by atoms with Gasteiger partial charge in [-0.15, -0.1) is 0 Å². The maximum absolute atomic E-state index is 14.3. The Morgan fingerprint density at radius 2 is 1.02 bits per heavy atom. The Kier molecular flexibility index (Phi) is 14.9. The third-order valence-electron chi connectivity index (χ3n) is 8.79. The second kappa shape index (κ2) is 19.7. The number of unbranched alkanes of at least 4 members (excludes halogenated alkanes) is 1. The van der Waals surface area contributed by atoms with Crippen LogP contribution in [0, 0.1) is 0 Å². The molecule has 4 rings (SSSR count). The third kappa shape index (κ3) is 11.7. The molecular weight excluding hydrogens is 658 g/mol. The van der Waals surface area contributed by atoms with E-state index in [0.29, 0.717) is 25.8 Å². The lowest BCUT2D eigenvalue weighted by Crippen LogP contribution is -2.59. The first-order valence-electron chi connectivity index (χ1n) is 17.6. The average Bonchev–Trinajstić information content (AvgIpc) is 3.14. The molecule has 5 atom stereocenters. The van der Waals surface area contributed by atoms with Gasteiger partial charge >= 0.3 is 0 Å². The highest BCUT2D eigenvalue weighted by Crippen LogP contribution is 2.20. The fraction of sp³-hybridized carbons (Fsp3) is 0.325. The standard InChI is InChI=1S/C40H49N7O5/c1-26(42)37(49)45-33(23-27-13-4-2-5-14-27)39(51)47-35(25-30-19-12-18-29-17-8-9-20-31(29)30)40(52)46-34(24-28-15-6-3-7-16-28)38(50)44-32(36(43)48)21-10-11-22-41/h2-9,12-20,26,32-35H,10-11,21-25,41-42H2,1H3,(H2,43,48)(H,44,50)(H,45,49)(H,46,52)(H,47,51)/t26-,32-,33-,34-,35-/m0/s1. The molecule has 0 spiro atoms. The Labute approximate surface area is 304 Å². The van der Waals surface area contributed by atoms with Crippen molar-refractivity contribution in [1.29, 1.82) is 0 Å². The molecule has 0 aliphatic heterocycles. The molecule has 4 aromatic carbocycles. The van der Waals surface area contributed by atoms with E-state index in [1.54, 1.807) is 0 Å². The molecule has 12 nitrogen and oxygen atoms in total. The highest BCUT2D eigenvalue weighted by atomic mass is 16.2. The van der Waals surface area contributed by atoms with Crippen LogP contribution in [0.25, 0.3) is 10.8 Å². The monoisotopic (exact) mass is 707 g/mol. The summed E-state index contributed by atoms with van der Waals surface area (Å²) in [6, 6.07) is 26.5. The van der Waals surface area contributed by atoms with Crippen molar-refractivity contribution in [2.45, 2.75) is 75.7 Å². The number of benzene rings is 4. The molecule has 4 aromatic rings. The number of rotatable bonds is 19. The van der Waals surface area contributed by atoms with Gasteiger partial charge in [-0.25, -0.2) is 0 Å². The van der Waals surface area contributed by atoms with Crippen LogP contribution >= 0.6 is 0 Å². The minimum absolute atomic E-state index is 0.0703. The number of nitrogens with two attached hydrogens (primary N) is 3. The number of hydrogen-bond acceptors (Lipinski definition) is 7. The Bertz CT molecular complexity index is 1800. The topological polar surface area (TPSA) is 212 Å². The summed E-state index contributed by atoms with van der Waals surface area (Å²) in [4.78, 5) is 67.2. The quantitative estimate of drug-likeness (QED) is 0.0718. The molecule has 0 aromatic heterocycles. The second-order valence-corrected chi connectivity index (χ2v) is 12.9. The molecule has 0 saturated carbocycles. The molecule has 0 aliphatic rings. The zero-order valence-electron chi connectivity index (χ0n) is 29.4. The second-order valence-electron chi connectivity index (χ2n) is 12.9. The zero-order chi connectivity index (χ0) is 37.5. The molecule has 5 amide bonds. The van der Waals surface area contributed by atoms with Crippen molar-refractivity contribution in [2.24, 2.45) is 17.2 Å². The molecular formula is C40H49N7O5. The number of hydrogen-bond donors (Lipinski definition) is 7. The highest BCUT2D eigenvalue weighted by molar-refractivity contribution is 5.96. The molecule has 0 aliphatic carbocycles. The average molecular weight is 708 g/mol. The van der Waals surface area contributed by atoms with Gasteiger partial charge in [-0.2, -0.15) is 0 Å². The first-order chi connectivity index (χ1) is 25.0. The van der Waals surface area contributed by atoms with E-state index in [0.717, 1.165) is 27.5 Å². The van der Waals surface area contributed by atoms with Crippen molar-refractivity contribution in [2.75, 3.05) is 6.54 Å². The van der Waals surface area contributed by atoms with Crippen LogP contribution in [0.15, 0.2) is 103 Å². The lowest BCUT2D eigenvalue weighted by molar-refractivity contribution is -0.134. The van der Waals surface area contributed by atoms with Crippen molar-refractivity contribution in [3.8, 4) is 0 Å². The smallest absolute Gasteiger partial charge is 0.243 e. The van der Waals surface area contributed by atoms with Gasteiger partial charge in [0.2, 0.25) is 29.5 Å². The lowest BCUT2D eigenvalue weighted by atomic mass is 9.97. The van der Waals surface area contributed by atoms with Gasteiger partial charge in [0.1, 0.15) is 24.2 Å². The van der Waals surface area contributed by atoms with Crippen LogP contribution < -0.4 is 38.5 Å². The SMILES string of the molecule is C[C@H](N)C(=O)N[C@@H](Cc1ccccc1)C(=O)N[C@@H](Cc1cccc2ccccc12)C(=O)N[C@@H](Cc1ccccc1)C(=O)N[C@@H](CCCCN)C(N)=O. The third-order valence-corrected chi connectivity index (χ3v) is 8.79. The van der Waals surface area contributed by atoms with Crippen LogP contribution in [-0.2, 0) is 43.2 Å². The number of amides is 5. The summed E-state index contributed by atoms with van der Waals surface area (Å²) in [5.74, 6) is -3.06. The Hall–Kier alpha value is -5.59. The fourth-order valence-electron chi connectivity index (χ4n) is 5.92. The first kappa shape index (κ1) is 39.2. The van der Waals surface area contributed by atoms with Crippen molar-refractivity contribution >= 4 is 40.3 Å². The molecule has 0 unspecified atom stereocenters. The normalized spacial score (nSPS) is 13.9. The van der Waals surface area contributed by atoms with Crippen LogP contribution in [0.3, 0.4) is 0 Å². The zero-order valence-corrected chi connectivity index (χ0v) is 29.4. The maximum atomic E-state index is 14.3. The predicted octanol–water partition coefficient (Wildman–Crippen LogP) is 1.77. The molecule has 52 heavy (non-hydrogen) atoms. The minimum Gasteiger partial charge on any atom is -0.368 e. The summed E-state index contributed by atoms with van der Waals surface area (Å²) >= 11 is 0. The van der Waals surface area contributed by atoms with Crippen LogP contribution in [0.2, 0.25) is 0 Å². The van der Waals surface area contributed by atoms with Gasteiger partial charge in [0.25, 0.3) is 0 Å². The van der Waals surface area contributed by atoms with Gasteiger partial charge in [-0.3, -0.25) is 24.0 Å². The summed E-state index contributed by atoms with van der Waals surface area (Å²) in [5, 5.41) is 13.0. The molecule has 0 saturated heterocycles. The number of carbonyl (C=O) groups is 5. The van der Waals surface area contributed by atoms with Crippen LogP contribution in [0.1, 0.15) is 42.9 Å². The van der Waals surface area contributed by atoms with Gasteiger partial charge in [0.05, 0.1) is 6.04 Å². The van der Waals surface area contributed by atoms with E-state index < -0.39 is 59.7 Å². The van der Waals surface area contributed by atoms with Crippen molar-refractivity contribution in [1.82, 2.24) is 21.3 Å². The van der Waals surface area contributed by atoms with Gasteiger partial charge in [-0.05, 0) is 60.2 Å². The number of nitrogens with one attached hydrogen (secondary N) is 4. The Morgan fingerprint density at radius 1 is 0.558 bits per heavy atom. The van der Waals surface area contributed by atoms with E-state index in [2.05, 4.69) is 21.3 Å².